The molecule has 120 valence electrons. The van der Waals surface area contributed by atoms with Crippen molar-refractivity contribution in [3.63, 3.8) is 0 Å². The molecular weight excluding hydrogens is 272 g/mol. The van der Waals surface area contributed by atoms with Crippen molar-refractivity contribution in [1.29, 1.82) is 0 Å². The molecule has 1 saturated carbocycles. The van der Waals surface area contributed by atoms with E-state index in [1.54, 1.807) is 4.90 Å². The van der Waals surface area contributed by atoms with Crippen molar-refractivity contribution >= 4 is 12.1 Å². The highest BCUT2D eigenvalue weighted by Crippen LogP contribution is 2.44. The lowest BCUT2D eigenvalue weighted by Gasteiger charge is -2.41. The van der Waals surface area contributed by atoms with Gasteiger partial charge in [-0.2, -0.15) is 0 Å². The summed E-state index contributed by atoms with van der Waals surface area (Å²) in [6, 6.07) is 0. The summed E-state index contributed by atoms with van der Waals surface area (Å²) < 4.78 is 10.5. The molecule has 1 amide bonds. The Morgan fingerprint density at radius 1 is 1.19 bits per heavy atom. The van der Waals surface area contributed by atoms with Gasteiger partial charge in [0, 0.05) is 25.2 Å². The van der Waals surface area contributed by atoms with Gasteiger partial charge in [-0.15, -0.1) is 0 Å². The number of hydrogen-bond donors (Lipinski definition) is 0. The van der Waals surface area contributed by atoms with Crippen LogP contribution in [0.4, 0.5) is 4.79 Å². The molecule has 1 spiro atoms. The van der Waals surface area contributed by atoms with E-state index in [0.29, 0.717) is 32.8 Å². The van der Waals surface area contributed by atoms with Crippen molar-refractivity contribution in [3.05, 3.63) is 0 Å². The first-order valence-corrected chi connectivity index (χ1v) is 7.64. The highest BCUT2D eigenvalue weighted by molar-refractivity contribution is 5.72. The molecule has 1 heterocycles. The third-order valence-corrected chi connectivity index (χ3v) is 3.90. The van der Waals surface area contributed by atoms with Crippen LogP contribution in [0.3, 0.4) is 0 Å². The normalized spacial score (nSPS) is 21.2. The van der Waals surface area contributed by atoms with Crippen LogP contribution in [0.2, 0.25) is 0 Å². The fraction of sp³-hybridized carbons (Fsp3) is 0.867. The van der Waals surface area contributed by atoms with E-state index in [2.05, 4.69) is 4.90 Å². The molecule has 1 aliphatic heterocycles. The smallest absolute Gasteiger partial charge is 0.410 e. The number of esters is 1. The molecule has 6 nitrogen and oxygen atoms in total. The molecule has 6 heteroatoms. The molecule has 0 atom stereocenters. The predicted molar refractivity (Wildman–Crippen MR) is 78.0 cm³/mol. The molecular formula is C15H26N2O4. The molecule has 2 rings (SSSR count). The molecule has 1 aliphatic carbocycles. The molecule has 0 N–H and O–H groups in total. The van der Waals surface area contributed by atoms with Crippen molar-refractivity contribution in [1.82, 2.24) is 9.80 Å². The van der Waals surface area contributed by atoms with Crippen LogP contribution in [-0.4, -0.2) is 65.8 Å². The monoisotopic (exact) mass is 298 g/mol. The first-order valence-electron chi connectivity index (χ1n) is 7.64. The summed E-state index contributed by atoms with van der Waals surface area (Å²) in [5.41, 5.74) is -0.516. The Bertz CT molecular complexity index is 412. The minimum absolute atomic E-state index is 0.0398. The minimum Gasteiger partial charge on any atom is -0.465 e. The average molecular weight is 298 g/mol. The van der Waals surface area contributed by atoms with Crippen molar-refractivity contribution < 1.29 is 19.1 Å². The quantitative estimate of drug-likeness (QED) is 0.741. The second kappa shape index (κ2) is 5.83. The van der Waals surface area contributed by atoms with Crippen LogP contribution in [0, 0.1) is 0 Å². The van der Waals surface area contributed by atoms with Gasteiger partial charge in [0.15, 0.2) is 0 Å². The molecule has 0 unspecified atom stereocenters. The topological polar surface area (TPSA) is 59.1 Å². The number of hydrogen-bond acceptors (Lipinski definition) is 5. The summed E-state index contributed by atoms with van der Waals surface area (Å²) in [5, 5.41) is 0. The molecule has 0 aromatic rings. The maximum absolute atomic E-state index is 12.2. The lowest BCUT2D eigenvalue weighted by molar-refractivity contribution is -0.146. The largest absolute Gasteiger partial charge is 0.465 e. The number of nitrogens with zero attached hydrogens (tertiary/aromatic N) is 2. The second-order valence-corrected chi connectivity index (χ2v) is 6.85. The second-order valence-electron chi connectivity index (χ2n) is 6.85. The van der Waals surface area contributed by atoms with Crippen molar-refractivity contribution in [2.45, 2.75) is 51.7 Å². The molecule has 0 bridgehead atoms. The van der Waals surface area contributed by atoms with Gasteiger partial charge in [0.25, 0.3) is 0 Å². The van der Waals surface area contributed by atoms with Crippen LogP contribution in [-0.2, 0) is 14.3 Å². The Kier molecular flexibility index (Phi) is 4.46. The first-order chi connectivity index (χ1) is 9.76. The van der Waals surface area contributed by atoms with Crippen LogP contribution in [0.5, 0.6) is 0 Å². The van der Waals surface area contributed by atoms with Gasteiger partial charge in [0.1, 0.15) is 5.60 Å². The van der Waals surface area contributed by atoms with E-state index in [-0.39, 0.29) is 17.6 Å². The lowest BCUT2D eigenvalue weighted by Crippen LogP contribution is -2.58. The van der Waals surface area contributed by atoms with E-state index >= 15 is 0 Å². The van der Waals surface area contributed by atoms with Gasteiger partial charge in [-0.05, 0) is 40.5 Å². The number of piperazine rings is 1. The van der Waals surface area contributed by atoms with Crippen molar-refractivity contribution in [2.24, 2.45) is 0 Å². The molecule has 2 fully saturated rings. The van der Waals surface area contributed by atoms with E-state index in [9.17, 15) is 9.59 Å². The number of rotatable bonds is 3. The van der Waals surface area contributed by atoms with E-state index < -0.39 is 5.60 Å². The summed E-state index contributed by atoms with van der Waals surface area (Å²) in [5.74, 6) is -0.186. The van der Waals surface area contributed by atoms with Crippen molar-refractivity contribution in [3.8, 4) is 0 Å². The highest BCUT2D eigenvalue weighted by atomic mass is 16.6. The van der Waals surface area contributed by atoms with Crippen LogP contribution < -0.4 is 0 Å². The zero-order valence-corrected chi connectivity index (χ0v) is 13.5. The fourth-order valence-electron chi connectivity index (χ4n) is 2.72. The maximum atomic E-state index is 12.2. The van der Waals surface area contributed by atoms with Crippen LogP contribution >= 0.6 is 0 Å². The van der Waals surface area contributed by atoms with Gasteiger partial charge in [0.05, 0.1) is 13.2 Å². The van der Waals surface area contributed by atoms with Gasteiger partial charge < -0.3 is 14.4 Å². The van der Waals surface area contributed by atoms with Gasteiger partial charge in [-0.3, -0.25) is 9.69 Å². The Morgan fingerprint density at radius 2 is 1.86 bits per heavy atom. The van der Waals surface area contributed by atoms with E-state index in [1.165, 1.54) is 0 Å². The molecule has 0 aromatic heterocycles. The third-order valence-electron chi connectivity index (χ3n) is 3.90. The zero-order chi connectivity index (χ0) is 15.7. The summed E-state index contributed by atoms with van der Waals surface area (Å²) in [4.78, 5) is 27.7. The molecule has 0 radical (unpaired) electrons. The van der Waals surface area contributed by atoms with Gasteiger partial charge in [0.2, 0.25) is 0 Å². The van der Waals surface area contributed by atoms with Crippen molar-refractivity contribution in [2.75, 3.05) is 32.8 Å². The standard InChI is InChI=1S/C15H26N2O4/c1-5-20-12(18)10-17-9-8-16(11-15(17)6-7-15)13(19)21-14(2,3)4/h5-11H2,1-4H3. The van der Waals surface area contributed by atoms with Gasteiger partial charge >= 0.3 is 12.1 Å². The molecule has 1 saturated heterocycles. The first kappa shape index (κ1) is 16.1. The molecule has 2 aliphatic rings. The third kappa shape index (κ3) is 4.09. The Morgan fingerprint density at radius 3 is 2.38 bits per heavy atom. The zero-order valence-electron chi connectivity index (χ0n) is 13.5. The van der Waals surface area contributed by atoms with Gasteiger partial charge in [-0.1, -0.05) is 0 Å². The Balaban J connectivity index is 1.91. The summed E-state index contributed by atoms with van der Waals surface area (Å²) in [7, 11) is 0. The average Bonchev–Trinajstić information content (AvgIpc) is 3.10. The summed E-state index contributed by atoms with van der Waals surface area (Å²) in [6.45, 7) is 10.1. The van der Waals surface area contributed by atoms with E-state index in [4.69, 9.17) is 9.47 Å². The number of amides is 1. The molecule has 0 aromatic carbocycles. The lowest BCUT2D eigenvalue weighted by atomic mass is 10.1. The number of carbonyl (C=O) groups is 2. The van der Waals surface area contributed by atoms with Gasteiger partial charge in [-0.25, -0.2) is 4.79 Å². The summed E-state index contributed by atoms with van der Waals surface area (Å²) >= 11 is 0. The number of carbonyl (C=O) groups excluding carboxylic acids is 2. The molecule has 21 heavy (non-hydrogen) atoms. The Hall–Kier alpha value is -1.30. The van der Waals surface area contributed by atoms with Crippen LogP contribution in [0.15, 0.2) is 0 Å². The highest BCUT2D eigenvalue weighted by Gasteiger charge is 2.52. The fourth-order valence-corrected chi connectivity index (χ4v) is 2.72. The van der Waals surface area contributed by atoms with Crippen LogP contribution in [0.1, 0.15) is 40.5 Å². The number of ether oxygens (including phenoxy) is 2. The predicted octanol–water partition coefficient (Wildman–Crippen LogP) is 1.63. The maximum Gasteiger partial charge on any atom is 0.410 e. The van der Waals surface area contributed by atoms with Crippen LogP contribution in [0.25, 0.3) is 0 Å². The minimum atomic E-state index is -0.476. The SMILES string of the molecule is CCOC(=O)CN1CCN(C(=O)OC(C)(C)C)CC12CC2. The van der Waals surface area contributed by atoms with E-state index in [1.807, 2.05) is 27.7 Å². The van der Waals surface area contributed by atoms with E-state index in [0.717, 1.165) is 12.8 Å². The Labute approximate surface area is 126 Å². The summed E-state index contributed by atoms with van der Waals surface area (Å²) in [6.07, 6.45) is 1.78.